The Morgan fingerprint density at radius 2 is 1.82 bits per heavy atom. The molecule has 33 heavy (non-hydrogen) atoms. The van der Waals surface area contributed by atoms with Gasteiger partial charge in [-0.1, -0.05) is 31.4 Å². The average molecular weight is 454 g/mol. The van der Waals surface area contributed by atoms with E-state index in [0.717, 1.165) is 36.8 Å². The van der Waals surface area contributed by atoms with Crippen LogP contribution in [-0.2, 0) is 27.4 Å². The zero-order valence-electron chi connectivity index (χ0n) is 18.8. The van der Waals surface area contributed by atoms with Gasteiger partial charge < -0.3 is 15.0 Å². The number of carbonyl (C=O) groups is 4. The molecule has 0 spiro atoms. The first kappa shape index (κ1) is 21.9. The first-order valence-electron chi connectivity index (χ1n) is 12.2. The first-order valence-corrected chi connectivity index (χ1v) is 12.2. The van der Waals surface area contributed by atoms with Crippen LogP contribution in [0.25, 0.3) is 0 Å². The number of ether oxygens (including phenoxy) is 1. The normalized spacial score (nSPS) is 24.3. The summed E-state index contributed by atoms with van der Waals surface area (Å²) < 4.78 is 5.87. The molecule has 2 atom stereocenters. The number of alkyl carbamates (subject to hydrolysis) is 1. The lowest BCUT2D eigenvalue weighted by atomic mass is 9.83. The van der Waals surface area contributed by atoms with Gasteiger partial charge in [0.15, 0.2) is 0 Å². The smallest absolute Gasteiger partial charge is 0.407 e. The molecule has 2 heterocycles. The van der Waals surface area contributed by atoms with Crippen molar-refractivity contribution in [2.45, 2.75) is 83.0 Å². The van der Waals surface area contributed by atoms with Crippen LogP contribution in [0.5, 0.6) is 0 Å². The monoisotopic (exact) mass is 453 g/mol. The molecule has 2 saturated carbocycles. The van der Waals surface area contributed by atoms with Gasteiger partial charge in [0, 0.05) is 25.1 Å². The Kier molecular flexibility index (Phi) is 6.08. The van der Waals surface area contributed by atoms with E-state index < -0.39 is 18.0 Å². The summed E-state index contributed by atoms with van der Waals surface area (Å²) in [5, 5.41) is 5.17. The van der Waals surface area contributed by atoms with Crippen molar-refractivity contribution in [1.82, 2.24) is 15.5 Å². The van der Waals surface area contributed by atoms with Crippen LogP contribution in [0.15, 0.2) is 18.2 Å². The number of amides is 4. The molecule has 8 nitrogen and oxygen atoms in total. The molecule has 5 rings (SSSR count). The highest BCUT2D eigenvalue weighted by molar-refractivity contribution is 6.05. The molecule has 2 N–H and O–H groups in total. The van der Waals surface area contributed by atoms with Gasteiger partial charge in [0.2, 0.25) is 11.8 Å². The van der Waals surface area contributed by atoms with Gasteiger partial charge in [0.25, 0.3) is 5.91 Å². The predicted molar refractivity (Wildman–Crippen MR) is 119 cm³/mol. The molecule has 4 aliphatic rings. The lowest BCUT2D eigenvalue weighted by Gasteiger charge is -2.30. The molecule has 0 radical (unpaired) electrons. The number of nitrogens with one attached hydrogen (secondary N) is 2. The molecule has 2 aliphatic carbocycles. The summed E-state index contributed by atoms with van der Waals surface area (Å²) in [4.78, 5) is 50.7. The van der Waals surface area contributed by atoms with Crippen LogP contribution in [0.3, 0.4) is 0 Å². The van der Waals surface area contributed by atoms with Crippen LogP contribution < -0.4 is 10.6 Å². The molecule has 2 unspecified atom stereocenters. The fraction of sp³-hybridized carbons (Fsp3) is 0.600. The summed E-state index contributed by atoms with van der Waals surface area (Å²) in [6, 6.07) is 4.91. The first-order chi connectivity index (χ1) is 16.0. The van der Waals surface area contributed by atoms with E-state index in [2.05, 4.69) is 10.6 Å². The van der Waals surface area contributed by atoms with Crippen LogP contribution in [0, 0.1) is 11.8 Å². The molecule has 1 aromatic carbocycles. The van der Waals surface area contributed by atoms with Crippen molar-refractivity contribution >= 4 is 23.8 Å². The van der Waals surface area contributed by atoms with Gasteiger partial charge in [-0.25, -0.2) is 4.79 Å². The Labute approximate surface area is 193 Å². The van der Waals surface area contributed by atoms with Gasteiger partial charge in [-0.05, 0) is 61.1 Å². The number of nitrogens with zero attached hydrogens (tertiary/aromatic N) is 1. The molecular formula is C25H31N3O5. The number of hydrogen-bond donors (Lipinski definition) is 2. The van der Waals surface area contributed by atoms with E-state index in [1.165, 1.54) is 24.2 Å². The number of benzene rings is 1. The van der Waals surface area contributed by atoms with Gasteiger partial charge in [-0.15, -0.1) is 0 Å². The molecule has 176 valence electrons. The van der Waals surface area contributed by atoms with Gasteiger partial charge in [0.1, 0.15) is 12.1 Å². The minimum Gasteiger partial charge on any atom is -0.446 e. The average Bonchev–Trinajstić information content (AvgIpc) is 3.61. The van der Waals surface area contributed by atoms with E-state index in [4.69, 9.17) is 4.74 Å². The fourth-order valence-corrected chi connectivity index (χ4v) is 5.52. The summed E-state index contributed by atoms with van der Waals surface area (Å²) in [6.45, 7) is 0.626. The van der Waals surface area contributed by atoms with Gasteiger partial charge in [0.05, 0.1) is 0 Å². The maximum atomic E-state index is 13.0. The van der Waals surface area contributed by atoms with Crippen molar-refractivity contribution in [3.8, 4) is 0 Å². The number of piperidine rings is 1. The zero-order chi connectivity index (χ0) is 22.9. The highest BCUT2D eigenvalue weighted by Gasteiger charge is 2.40. The van der Waals surface area contributed by atoms with Crippen molar-refractivity contribution in [3.05, 3.63) is 34.9 Å². The zero-order valence-corrected chi connectivity index (χ0v) is 18.8. The van der Waals surface area contributed by atoms with E-state index >= 15 is 0 Å². The Morgan fingerprint density at radius 1 is 1.06 bits per heavy atom. The molecule has 1 saturated heterocycles. The van der Waals surface area contributed by atoms with Crippen LogP contribution in [0.1, 0.15) is 79.3 Å². The second kappa shape index (κ2) is 9.15. The lowest BCUT2D eigenvalue weighted by Crippen LogP contribution is -2.52. The Morgan fingerprint density at radius 3 is 2.55 bits per heavy atom. The number of rotatable bonds is 6. The molecule has 0 aromatic heterocycles. The second-order valence-corrected chi connectivity index (χ2v) is 9.85. The summed E-state index contributed by atoms with van der Waals surface area (Å²) >= 11 is 0. The number of hydrogen-bond acceptors (Lipinski definition) is 5. The number of imide groups is 1. The Hall–Kier alpha value is -2.90. The quantitative estimate of drug-likeness (QED) is 0.644. The molecular weight excluding hydrogens is 422 g/mol. The topological polar surface area (TPSA) is 105 Å². The summed E-state index contributed by atoms with van der Waals surface area (Å²) in [5.41, 5.74) is 2.21. The highest BCUT2D eigenvalue weighted by atomic mass is 16.6. The molecule has 8 heteroatoms. The van der Waals surface area contributed by atoms with Crippen molar-refractivity contribution in [2.24, 2.45) is 11.8 Å². The minimum atomic E-state index is -0.627. The largest absolute Gasteiger partial charge is 0.446 e. The SMILES string of the molecule is O=C1CCC(N2Cc3ccc(CNC(=O)OC(C4CCCCC4)C4CC4)cc3C2=O)C(=O)N1. The van der Waals surface area contributed by atoms with Crippen molar-refractivity contribution in [3.63, 3.8) is 0 Å². The van der Waals surface area contributed by atoms with E-state index in [-0.39, 0.29) is 30.9 Å². The van der Waals surface area contributed by atoms with Crippen LogP contribution >= 0.6 is 0 Å². The van der Waals surface area contributed by atoms with E-state index in [1.807, 2.05) is 12.1 Å². The van der Waals surface area contributed by atoms with Crippen LogP contribution in [-0.4, -0.2) is 40.9 Å². The Balaban J connectivity index is 1.18. The fourth-order valence-electron chi connectivity index (χ4n) is 5.52. The second-order valence-electron chi connectivity index (χ2n) is 9.85. The minimum absolute atomic E-state index is 0.0222. The highest BCUT2D eigenvalue weighted by Crippen LogP contribution is 2.42. The van der Waals surface area contributed by atoms with E-state index in [9.17, 15) is 19.2 Å². The van der Waals surface area contributed by atoms with E-state index in [0.29, 0.717) is 30.4 Å². The molecule has 4 amide bonds. The van der Waals surface area contributed by atoms with Crippen LogP contribution in [0.2, 0.25) is 0 Å². The Bertz CT molecular complexity index is 967. The third-order valence-electron chi connectivity index (χ3n) is 7.47. The molecule has 3 fully saturated rings. The number of carbonyl (C=O) groups excluding carboxylic acids is 4. The van der Waals surface area contributed by atoms with Gasteiger partial charge >= 0.3 is 6.09 Å². The predicted octanol–water partition coefficient (Wildman–Crippen LogP) is 3.03. The van der Waals surface area contributed by atoms with Crippen molar-refractivity contribution in [1.29, 1.82) is 0 Å². The maximum absolute atomic E-state index is 13.0. The van der Waals surface area contributed by atoms with Crippen molar-refractivity contribution in [2.75, 3.05) is 0 Å². The maximum Gasteiger partial charge on any atom is 0.407 e. The van der Waals surface area contributed by atoms with Gasteiger partial charge in [-0.3, -0.25) is 19.7 Å². The third kappa shape index (κ3) is 4.75. The summed E-state index contributed by atoms with van der Waals surface area (Å²) in [6.07, 6.45) is 8.49. The third-order valence-corrected chi connectivity index (χ3v) is 7.47. The summed E-state index contributed by atoms with van der Waals surface area (Å²) in [5.74, 6) is 0.0610. The molecule has 2 aliphatic heterocycles. The molecule has 1 aromatic rings. The molecule has 0 bridgehead atoms. The van der Waals surface area contributed by atoms with Gasteiger partial charge in [-0.2, -0.15) is 0 Å². The number of fused-ring (bicyclic) bond motifs is 1. The summed E-state index contributed by atoms with van der Waals surface area (Å²) in [7, 11) is 0. The van der Waals surface area contributed by atoms with Crippen LogP contribution in [0.4, 0.5) is 4.79 Å². The van der Waals surface area contributed by atoms with Crippen molar-refractivity contribution < 1.29 is 23.9 Å². The van der Waals surface area contributed by atoms with E-state index in [1.54, 1.807) is 6.07 Å². The standard InChI is InChI=1S/C25H31N3O5/c29-21-11-10-20(23(30)27-21)28-14-18-7-6-15(12-19(18)24(28)31)13-26-25(32)33-22(17-8-9-17)16-4-2-1-3-5-16/h6-7,12,16-17,20,22H,1-5,8-11,13-14H2,(H,26,32)(H,27,29,30). The lowest BCUT2D eigenvalue weighted by molar-refractivity contribution is -0.136.